The average molecular weight is 382 g/mol. The molecule has 140 valence electrons. The third kappa shape index (κ3) is 4.75. The van der Waals surface area contributed by atoms with Gasteiger partial charge < -0.3 is 14.8 Å². The Morgan fingerprint density at radius 2 is 1.74 bits per heavy atom. The second-order valence-corrected chi connectivity index (χ2v) is 6.87. The van der Waals surface area contributed by atoms with Gasteiger partial charge in [0.15, 0.2) is 11.5 Å². The van der Waals surface area contributed by atoms with Crippen LogP contribution < -0.4 is 14.8 Å². The largest absolute Gasteiger partial charge is 0.493 e. The number of nitrogens with one attached hydrogen (secondary N) is 1. The van der Waals surface area contributed by atoms with Crippen LogP contribution in [0.3, 0.4) is 0 Å². The van der Waals surface area contributed by atoms with Crippen molar-refractivity contribution in [2.75, 3.05) is 12.4 Å². The van der Waals surface area contributed by atoms with Crippen LogP contribution in [0.5, 0.6) is 11.5 Å². The van der Waals surface area contributed by atoms with Crippen LogP contribution in [0, 0.1) is 13.8 Å². The fourth-order valence-electron chi connectivity index (χ4n) is 2.85. The summed E-state index contributed by atoms with van der Waals surface area (Å²) in [6, 6.07) is 19.9. The summed E-state index contributed by atoms with van der Waals surface area (Å²) in [5.74, 6) is 1.41. The topological polar surface area (TPSA) is 30.5 Å². The zero-order chi connectivity index (χ0) is 19.2. The third-order valence-electron chi connectivity index (χ3n) is 4.66. The van der Waals surface area contributed by atoms with Gasteiger partial charge in [0.05, 0.1) is 7.11 Å². The summed E-state index contributed by atoms with van der Waals surface area (Å²) < 4.78 is 11.4. The van der Waals surface area contributed by atoms with Crippen LogP contribution in [-0.4, -0.2) is 7.11 Å². The van der Waals surface area contributed by atoms with Crippen LogP contribution in [0.1, 0.15) is 22.3 Å². The molecule has 3 rings (SSSR count). The lowest BCUT2D eigenvalue weighted by Crippen LogP contribution is -2.03. The van der Waals surface area contributed by atoms with E-state index in [-0.39, 0.29) is 0 Å². The molecule has 0 saturated heterocycles. The van der Waals surface area contributed by atoms with Gasteiger partial charge in [0.25, 0.3) is 0 Å². The van der Waals surface area contributed by atoms with E-state index in [1.807, 2.05) is 42.5 Å². The Hall–Kier alpha value is -2.65. The van der Waals surface area contributed by atoms with Gasteiger partial charge in [0, 0.05) is 22.8 Å². The molecule has 0 spiro atoms. The van der Waals surface area contributed by atoms with Crippen molar-refractivity contribution in [3.05, 3.63) is 87.9 Å². The van der Waals surface area contributed by atoms with Gasteiger partial charge in [-0.2, -0.15) is 0 Å². The summed E-state index contributed by atoms with van der Waals surface area (Å²) >= 11 is 6.19. The number of rotatable bonds is 7. The van der Waals surface area contributed by atoms with Crippen molar-refractivity contribution in [3.63, 3.8) is 0 Å². The molecule has 0 saturated carbocycles. The predicted octanol–water partition coefficient (Wildman–Crippen LogP) is 6.16. The van der Waals surface area contributed by atoms with Gasteiger partial charge in [-0.3, -0.25) is 0 Å². The molecule has 0 bridgehead atoms. The van der Waals surface area contributed by atoms with Gasteiger partial charge in [0.2, 0.25) is 0 Å². The SMILES string of the molecule is COc1cc(CNc2cccc(C)c2C)ccc1OCc1ccccc1Cl. The van der Waals surface area contributed by atoms with E-state index in [1.165, 1.54) is 11.1 Å². The van der Waals surface area contributed by atoms with Crippen molar-refractivity contribution < 1.29 is 9.47 Å². The normalized spacial score (nSPS) is 10.5. The quantitative estimate of drug-likeness (QED) is 0.531. The first-order chi connectivity index (χ1) is 13.1. The molecule has 0 radical (unpaired) electrons. The van der Waals surface area contributed by atoms with Crippen molar-refractivity contribution in [1.82, 2.24) is 0 Å². The van der Waals surface area contributed by atoms with Crippen molar-refractivity contribution in [1.29, 1.82) is 0 Å². The Kier molecular flexibility index (Phi) is 6.25. The van der Waals surface area contributed by atoms with Crippen molar-refractivity contribution in [2.24, 2.45) is 0 Å². The molecule has 0 unspecified atom stereocenters. The second kappa shape index (κ2) is 8.83. The minimum absolute atomic E-state index is 0.399. The third-order valence-corrected chi connectivity index (χ3v) is 5.03. The average Bonchev–Trinajstić information content (AvgIpc) is 2.69. The first-order valence-corrected chi connectivity index (χ1v) is 9.29. The molecule has 3 aromatic rings. The number of methoxy groups -OCH3 is 1. The maximum absolute atomic E-state index is 6.19. The molecule has 0 amide bonds. The molecule has 0 fully saturated rings. The van der Waals surface area contributed by atoms with Crippen molar-refractivity contribution in [2.45, 2.75) is 27.0 Å². The molecule has 3 nitrogen and oxygen atoms in total. The van der Waals surface area contributed by atoms with E-state index >= 15 is 0 Å². The number of ether oxygens (including phenoxy) is 2. The van der Waals surface area contributed by atoms with Gasteiger partial charge in [-0.15, -0.1) is 0 Å². The van der Waals surface area contributed by atoms with E-state index in [2.05, 4.69) is 37.4 Å². The molecule has 0 aliphatic rings. The van der Waals surface area contributed by atoms with E-state index in [1.54, 1.807) is 7.11 Å². The standard InChI is InChI=1S/C23H24ClNO2/c1-16-7-6-10-21(17(16)2)25-14-18-11-12-22(23(13-18)26-3)27-15-19-8-4-5-9-20(19)24/h4-13,25H,14-15H2,1-3H3. The number of anilines is 1. The summed E-state index contributed by atoms with van der Waals surface area (Å²) in [5, 5.41) is 4.19. The number of hydrogen-bond donors (Lipinski definition) is 1. The predicted molar refractivity (Wildman–Crippen MR) is 112 cm³/mol. The number of halogens is 1. The summed E-state index contributed by atoms with van der Waals surface area (Å²) in [5.41, 5.74) is 5.76. The fourth-order valence-corrected chi connectivity index (χ4v) is 3.04. The minimum Gasteiger partial charge on any atom is -0.493 e. The van der Waals surface area contributed by atoms with Crippen molar-refractivity contribution >= 4 is 17.3 Å². The highest BCUT2D eigenvalue weighted by Gasteiger charge is 2.08. The zero-order valence-corrected chi connectivity index (χ0v) is 16.6. The van der Waals surface area contributed by atoms with Gasteiger partial charge in [-0.05, 0) is 54.8 Å². The van der Waals surface area contributed by atoms with Crippen LogP contribution in [0.2, 0.25) is 5.02 Å². The Morgan fingerprint density at radius 3 is 2.52 bits per heavy atom. The van der Waals surface area contributed by atoms with Gasteiger partial charge in [-0.1, -0.05) is 48.0 Å². The van der Waals surface area contributed by atoms with E-state index < -0.39 is 0 Å². The molecular formula is C23H24ClNO2. The lowest BCUT2D eigenvalue weighted by atomic mass is 10.1. The molecule has 1 N–H and O–H groups in total. The summed E-state index contributed by atoms with van der Waals surface area (Å²) in [7, 11) is 1.65. The molecule has 0 heterocycles. The lowest BCUT2D eigenvalue weighted by molar-refractivity contribution is 0.284. The maximum Gasteiger partial charge on any atom is 0.161 e. The lowest BCUT2D eigenvalue weighted by Gasteiger charge is -2.15. The highest BCUT2D eigenvalue weighted by atomic mass is 35.5. The number of hydrogen-bond acceptors (Lipinski definition) is 3. The van der Waals surface area contributed by atoms with Crippen molar-refractivity contribution in [3.8, 4) is 11.5 Å². The molecule has 4 heteroatoms. The summed E-state index contributed by atoms with van der Waals surface area (Å²) in [4.78, 5) is 0. The van der Waals surface area contributed by atoms with Crippen LogP contribution in [0.25, 0.3) is 0 Å². The highest BCUT2D eigenvalue weighted by Crippen LogP contribution is 2.30. The van der Waals surface area contributed by atoms with Crippen LogP contribution in [0.4, 0.5) is 5.69 Å². The highest BCUT2D eigenvalue weighted by molar-refractivity contribution is 6.31. The van der Waals surface area contributed by atoms with Crippen LogP contribution in [0.15, 0.2) is 60.7 Å². The van der Waals surface area contributed by atoms with Crippen LogP contribution in [-0.2, 0) is 13.2 Å². The molecule has 27 heavy (non-hydrogen) atoms. The minimum atomic E-state index is 0.399. The first-order valence-electron chi connectivity index (χ1n) is 8.91. The molecular weight excluding hydrogens is 358 g/mol. The smallest absolute Gasteiger partial charge is 0.161 e. The van der Waals surface area contributed by atoms with E-state index in [0.29, 0.717) is 29.7 Å². The van der Waals surface area contributed by atoms with E-state index in [4.69, 9.17) is 21.1 Å². The molecule has 0 aromatic heterocycles. The van der Waals surface area contributed by atoms with E-state index in [0.717, 1.165) is 16.8 Å². The monoisotopic (exact) mass is 381 g/mol. The Labute approximate surface area is 165 Å². The van der Waals surface area contributed by atoms with Gasteiger partial charge in [-0.25, -0.2) is 0 Å². The number of aryl methyl sites for hydroxylation is 1. The zero-order valence-electron chi connectivity index (χ0n) is 15.9. The second-order valence-electron chi connectivity index (χ2n) is 6.47. The van der Waals surface area contributed by atoms with E-state index in [9.17, 15) is 0 Å². The van der Waals surface area contributed by atoms with Gasteiger partial charge >= 0.3 is 0 Å². The molecule has 0 aliphatic heterocycles. The summed E-state index contributed by atoms with van der Waals surface area (Å²) in [6.07, 6.45) is 0. The molecule has 0 aliphatic carbocycles. The first kappa shape index (κ1) is 19.1. The Bertz CT molecular complexity index is 924. The van der Waals surface area contributed by atoms with Crippen LogP contribution >= 0.6 is 11.6 Å². The Morgan fingerprint density at radius 1 is 0.926 bits per heavy atom. The molecule has 3 aromatic carbocycles. The summed E-state index contributed by atoms with van der Waals surface area (Å²) in [6.45, 7) is 5.36. The molecule has 0 atom stereocenters. The maximum atomic E-state index is 6.19. The number of benzene rings is 3. The fraction of sp³-hybridized carbons (Fsp3) is 0.217. The Balaban J connectivity index is 1.68. The van der Waals surface area contributed by atoms with Gasteiger partial charge in [0.1, 0.15) is 6.61 Å².